The highest BCUT2D eigenvalue weighted by Crippen LogP contribution is 2.27. The lowest BCUT2D eigenvalue weighted by Gasteiger charge is -2.25. The molecular weight excluding hydrogens is 488 g/mol. The molecule has 1 amide bonds. The monoisotopic (exact) mass is 516 g/mol. The number of sulfonamides is 1. The molecule has 3 rings (SSSR count). The van der Waals surface area contributed by atoms with E-state index in [9.17, 15) is 13.2 Å². The number of para-hydroxylation sites is 1. The normalized spacial score (nSPS) is 11.3. The third-order valence-electron chi connectivity index (χ3n) is 5.21. The van der Waals surface area contributed by atoms with Gasteiger partial charge >= 0.3 is 0 Å². The van der Waals surface area contributed by atoms with Crippen LogP contribution >= 0.6 is 23.4 Å². The van der Waals surface area contributed by atoms with Crippen molar-refractivity contribution in [3.8, 4) is 0 Å². The van der Waals surface area contributed by atoms with E-state index in [4.69, 9.17) is 11.6 Å². The minimum absolute atomic E-state index is 0.0838. The van der Waals surface area contributed by atoms with Crippen molar-refractivity contribution in [3.63, 3.8) is 0 Å². The first-order chi connectivity index (χ1) is 16.3. The first-order valence-electron chi connectivity index (χ1n) is 11.0. The number of carbonyl (C=O) groups is 1. The molecule has 8 heteroatoms. The number of amides is 1. The maximum absolute atomic E-state index is 13.4. The van der Waals surface area contributed by atoms with Crippen LogP contribution in [0, 0.1) is 13.8 Å². The standard InChI is InChI=1S/C26H29ClN2O3S2/c1-20-7-5-9-22(17-20)19-33-16-6-15-28-26(30)18-29(25-10-4-3-8-21(25)2)34(31,32)24-13-11-23(27)12-14-24/h3-5,7-14,17H,6,15-16,18-19H2,1-2H3,(H,28,30). The molecule has 180 valence electrons. The van der Waals surface area contributed by atoms with Crippen LogP contribution in [0.2, 0.25) is 5.02 Å². The van der Waals surface area contributed by atoms with Gasteiger partial charge in [0, 0.05) is 17.3 Å². The van der Waals surface area contributed by atoms with Gasteiger partial charge in [0.15, 0.2) is 0 Å². The zero-order valence-electron chi connectivity index (χ0n) is 19.3. The highest BCUT2D eigenvalue weighted by Gasteiger charge is 2.28. The number of anilines is 1. The summed E-state index contributed by atoms with van der Waals surface area (Å²) in [6.45, 7) is 4.09. The number of halogens is 1. The van der Waals surface area contributed by atoms with Gasteiger partial charge in [-0.2, -0.15) is 11.8 Å². The largest absolute Gasteiger partial charge is 0.354 e. The van der Waals surface area contributed by atoms with Crippen molar-refractivity contribution >= 4 is 45.0 Å². The van der Waals surface area contributed by atoms with E-state index in [2.05, 4.69) is 36.5 Å². The maximum atomic E-state index is 13.4. The minimum Gasteiger partial charge on any atom is -0.354 e. The van der Waals surface area contributed by atoms with Crippen molar-refractivity contribution < 1.29 is 13.2 Å². The molecule has 0 spiro atoms. The zero-order valence-corrected chi connectivity index (χ0v) is 21.7. The Kier molecular flexibility index (Phi) is 9.45. The lowest BCUT2D eigenvalue weighted by atomic mass is 10.2. The topological polar surface area (TPSA) is 66.5 Å². The molecule has 0 aliphatic heterocycles. The Morgan fingerprint density at radius 2 is 1.74 bits per heavy atom. The molecule has 0 saturated carbocycles. The molecule has 0 saturated heterocycles. The second-order valence-electron chi connectivity index (χ2n) is 8.00. The SMILES string of the molecule is Cc1cccc(CSCCCNC(=O)CN(c2ccccc2C)S(=O)(=O)c2ccc(Cl)cc2)c1. The Balaban J connectivity index is 1.59. The number of thioether (sulfide) groups is 1. The van der Waals surface area contributed by atoms with Gasteiger partial charge in [0.25, 0.3) is 10.0 Å². The van der Waals surface area contributed by atoms with Gasteiger partial charge < -0.3 is 5.32 Å². The number of rotatable bonds is 11. The second-order valence-corrected chi connectivity index (χ2v) is 11.4. The summed E-state index contributed by atoms with van der Waals surface area (Å²) in [6, 6.07) is 21.5. The van der Waals surface area contributed by atoms with E-state index in [-0.39, 0.29) is 17.3 Å². The highest BCUT2D eigenvalue weighted by molar-refractivity contribution is 7.98. The van der Waals surface area contributed by atoms with Crippen molar-refractivity contribution in [1.82, 2.24) is 5.32 Å². The number of aryl methyl sites for hydroxylation is 2. The van der Waals surface area contributed by atoms with Gasteiger partial charge in [-0.05, 0) is 67.5 Å². The molecule has 3 aromatic carbocycles. The maximum Gasteiger partial charge on any atom is 0.264 e. The van der Waals surface area contributed by atoms with Gasteiger partial charge in [0.05, 0.1) is 10.6 Å². The Hall–Kier alpha value is -2.48. The summed E-state index contributed by atoms with van der Waals surface area (Å²) >= 11 is 7.74. The number of nitrogens with one attached hydrogen (secondary N) is 1. The molecule has 1 N–H and O–H groups in total. The van der Waals surface area contributed by atoms with Crippen LogP contribution in [-0.2, 0) is 20.6 Å². The number of carbonyl (C=O) groups excluding carboxylic acids is 1. The van der Waals surface area contributed by atoms with Gasteiger partial charge in [-0.1, -0.05) is 59.6 Å². The Labute approximate surface area is 211 Å². The summed E-state index contributed by atoms with van der Waals surface area (Å²) in [4.78, 5) is 12.8. The van der Waals surface area contributed by atoms with Gasteiger partial charge in [0.2, 0.25) is 5.91 Å². The highest BCUT2D eigenvalue weighted by atomic mass is 35.5. The van der Waals surface area contributed by atoms with Crippen LogP contribution in [0.3, 0.4) is 0 Å². The Bertz CT molecular complexity index is 1210. The summed E-state index contributed by atoms with van der Waals surface area (Å²) in [5.41, 5.74) is 3.77. The number of nitrogens with zero attached hydrogens (tertiary/aromatic N) is 1. The van der Waals surface area contributed by atoms with Gasteiger partial charge in [-0.25, -0.2) is 8.42 Å². The first-order valence-corrected chi connectivity index (χ1v) is 14.0. The van der Waals surface area contributed by atoms with E-state index in [0.29, 0.717) is 17.3 Å². The van der Waals surface area contributed by atoms with Crippen LogP contribution in [0.4, 0.5) is 5.69 Å². The van der Waals surface area contributed by atoms with Crippen molar-refractivity contribution in [3.05, 3.63) is 94.5 Å². The van der Waals surface area contributed by atoms with E-state index in [1.807, 2.05) is 30.8 Å². The number of hydrogen-bond acceptors (Lipinski definition) is 4. The van der Waals surface area contributed by atoms with Crippen LogP contribution < -0.4 is 9.62 Å². The molecule has 0 atom stereocenters. The molecule has 0 aliphatic carbocycles. The van der Waals surface area contributed by atoms with Gasteiger partial charge in [0.1, 0.15) is 6.54 Å². The molecule has 0 fully saturated rings. The lowest BCUT2D eigenvalue weighted by molar-refractivity contribution is -0.119. The molecule has 0 aliphatic rings. The van der Waals surface area contributed by atoms with Crippen LogP contribution in [0.15, 0.2) is 77.7 Å². The third-order valence-corrected chi connectivity index (χ3v) is 8.35. The quantitative estimate of drug-likeness (QED) is 0.337. The molecule has 0 radical (unpaired) electrons. The van der Waals surface area contributed by atoms with Crippen molar-refractivity contribution in [2.45, 2.75) is 30.9 Å². The summed E-state index contributed by atoms with van der Waals surface area (Å²) < 4.78 is 28.0. The Morgan fingerprint density at radius 1 is 1.00 bits per heavy atom. The molecule has 0 heterocycles. The van der Waals surface area contributed by atoms with Crippen LogP contribution in [0.1, 0.15) is 23.1 Å². The van der Waals surface area contributed by atoms with Crippen LogP contribution in [0.5, 0.6) is 0 Å². The van der Waals surface area contributed by atoms with Crippen molar-refractivity contribution in [2.24, 2.45) is 0 Å². The van der Waals surface area contributed by atoms with Gasteiger partial charge in [-0.15, -0.1) is 0 Å². The fourth-order valence-corrected chi connectivity index (χ4v) is 5.98. The first kappa shape index (κ1) is 26.1. The molecule has 0 unspecified atom stereocenters. The lowest BCUT2D eigenvalue weighted by Crippen LogP contribution is -2.41. The fraction of sp³-hybridized carbons (Fsp3) is 0.269. The van der Waals surface area contributed by atoms with Crippen LogP contribution in [-0.4, -0.2) is 33.2 Å². The average Bonchev–Trinajstić information content (AvgIpc) is 2.80. The Morgan fingerprint density at radius 3 is 2.44 bits per heavy atom. The fourth-order valence-electron chi connectivity index (χ4n) is 3.46. The average molecular weight is 517 g/mol. The predicted octanol–water partition coefficient (Wildman–Crippen LogP) is 5.59. The summed E-state index contributed by atoms with van der Waals surface area (Å²) in [5, 5.41) is 3.31. The summed E-state index contributed by atoms with van der Waals surface area (Å²) in [5.74, 6) is 1.49. The minimum atomic E-state index is -3.95. The van der Waals surface area contributed by atoms with E-state index < -0.39 is 10.0 Å². The number of benzene rings is 3. The molecule has 0 bridgehead atoms. The second kappa shape index (κ2) is 12.3. The van der Waals surface area contributed by atoms with Crippen LogP contribution in [0.25, 0.3) is 0 Å². The molecular formula is C26H29ClN2O3S2. The third kappa shape index (κ3) is 7.26. The number of hydrogen-bond donors (Lipinski definition) is 1. The van der Waals surface area contributed by atoms with Crippen molar-refractivity contribution in [1.29, 1.82) is 0 Å². The summed E-state index contributed by atoms with van der Waals surface area (Å²) in [7, 11) is -3.95. The zero-order chi connectivity index (χ0) is 24.6. The van der Waals surface area contributed by atoms with Crippen molar-refractivity contribution in [2.75, 3.05) is 23.1 Å². The predicted molar refractivity (Wildman–Crippen MR) is 142 cm³/mol. The molecule has 5 nitrogen and oxygen atoms in total. The molecule has 0 aromatic heterocycles. The van der Waals surface area contributed by atoms with E-state index in [0.717, 1.165) is 27.8 Å². The van der Waals surface area contributed by atoms with E-state index in [1.165, 1.54) is 35.4 Å². The molecule has 3 aromatic rings. The molecule has 34 heavy (non-hydrogen) atoms. The summed E-state index contributed by atoms with van der Waals surface area (Å²) in [6.07, 6.45) is 0.802. The van der Waals surface area contributed by atoms with E-state index >= 15 is 0 Å². The van der Waals surface area contributed by atoms with Gasteiger partial charge in [-0.3, -0.25) is 9.10 Å². The van der Waals surface area contributed by atoms with E-state index in [1.54, 1.807) is 12.1 Å². The smallest absolute Gasteiger partial charge is 0.264 e.